The quantitative estimate of drug-likeness (QED) is 0.0474. The summed E-state index contributed by atoms with van der Waals surface area (Å²) in [5, 5.41) is 24.4. The molecular formula is C66H99F3N6O14. The van der Waals surface area contributed by atoms with E-state index in [1.54, 1.807) is 64.8 Å². The molecule has 0 spiro atoms. The van der Waals surface area contributed by atoms with E-state index in [-0.39, 0.29) is 72.7 Å². The molecule has 3 aromatic carbocycles. The smallest absolute Gasteiger partial charge is 0.490 e. The number of aliphatic hydroxyl groups excluding tert-OH is 1. The summed E-state index contributed by atoms with van der Waals surface area (Å²) >= 11 is 0. The number of carbonyl (C=O) groups excluding carboxylic acids is 4. The van der Waals surface area contributed by atoms with Crippen LogP contribution >= 0.6 is 0 Å². The summed E-state index contributed by atoms with van der Waals surface area (Å²) in [6.45, 7) is 18.4. The van der Waals surface area contributed by atoms with E-state index in [4.69, 9.17) is 43.1 Å². The lowest BCUT2D eigenvalue weighted by Gasteiger charge is -2.45. The largest absolute Gasteiger partial charge is 0.493 e. The number of rotatable bonds is 29. The summed E-state index contributed by atoms with van der Waals surface area (Å²) in [5.74, 6) is -1.10. The van der Waals surface area contributed by atoms with Gasteiger partial charge in [0.15, 0.2) is 23.0 Å². The predicted octanol–water partition coefficient (Wildman–Crippen LogP) is 9.74. The SMILES string of the molecule is COCCCOc1cc(C(=O)N(C(C)C)[C@@H]2CC[C@H](CCN(C(=O)C(CO)c3ccccc3)C3CC3)NC2)ccc1OC.COCCCOc1cc(C(=O)N(C(C)C)[C@@H]2CC[C@H](CCNC3CC3)N(C(=O)OC(C)(C)C)C2)ccc1OC.O=C(O)C(F)(F)F. The Balaban J connectivity index is 0.000000293. The number of aliphatic hydroxyl groups is 1. The molecule has 23 heteroatoms. The fourth-order valence-corrected chi connectivity index (χ4v) is 11.1. The van der Waals surface area contributed by atoms with Gasteiger partial charge in [-0.1, -0.05) is 30.3 Å². The van der Waals surface area contributed by atoms with Crippen molar-refractivity contribution >= 4 is 29.8 Å². The minimum atomic E-state index is -5.08. The van der Waals surface area contributed by atoms with Crippen molar-refractivity contribution < 1.29 is 80.5 Å². The molecule has 2 saturated carbocycles. The second-order valence-corrected chi connectivity index (χ2v) is 24.6. The molecule has 7 rings (SSSR count). The van der Waals surface area contributed by atoms with Gasteiger partial charge in [0.2, 0.25) is 5.91 Å². The number of alkyl halides is 3. The average molecular weight is 1260 g/mol. The zero-order valence-corrected chi connectivity index (χ0v) is 54.1. The highest BCUT2D eigenvalue weighted by atomic mass is 19.4. The highest BCUT2D eigenvalue weighted by molar-refractivity contribution is 5.96. The molecule has 1 unspecified atom stereocenters. The molecule has 4 fully saturated rings. The van der Waals surface area contributed by atoms with Crippen LogP contribution in [0.3, 0.4) is 0 Å². The number of carboxylic acids is 1. The molecule has 3 aromatic rings. The lowest BCUT2D eigenvalue weighted by molar-refractivity contribution is -0.192. The van der Waals surface area contributed by atoms with Crippen LogP contribution in [0.2, 0.25) is 0 Å². The maximum atomic E-state index is 13.9. The Morgan fingerprint density at radius 2 is 1.19 bits per heavy atom. The van der Waals surface area contributed by atoms with Gasteiger partial charge in [0.1, 0.15) is 5.60 Å². The number of nitrogens with zero attached hydrogens (tertiary/aromatic N) is 4. The number of piperidine rings is 2. The molecule has 2 aliphatic carbocycles. The number of carboxylic acid groups (broad SMARTS) is 1. The number of amides is 4. The Labute approximate surface area is 524 Å². The number of likely N-dealkylation sites (tertiary alicyclic amines) is 1. The van der Waals surface area contributed by atoms with Crippen LogP contribution in [0.5, 0.6) is 23.0 Å². The van der Waals surface area contributed by atoms with E-state index in [0.29, 0.717) is 86.2 Å². The maximum absolute atomic E-state index is 13.9. The molecule has 4 amide bonds. The molecule has 89 heavy (non-hydrogen) atoms. The van der Waals surface area contributed by atoms with Crippen LogP contribution < -0.4 is 29.6 Å². The predicted molar refractivity (Wildman–Crippen MR) is 332 cm³/mol. The zero-order valence-electron chi connectivity index (χ0n) is 54.1. The van der Waals surface area contributed by atoms with Crippen LogP contribution in [-0.4, -0.2) is 207 Å². The Morgan fingerprint density at radius 3 is 1.63 bits per heavy atom. The van der Waals surface area contributed by atoms with E-state index in [1.165, 1.54) is 12.8 Å². The molecule has 5 atom stereocenters. The Bertz CT molecular complexity index is 2660. The number of methoxy groups -OCH3 is 4. The lowest BCUT2D eigenvalue weighted by Crippen LogP contribution is -2.57. The van der Waals surface area contributed by atoms with Crippen LogP contribution in [0.1, 0.15) is 158 Å². The molecule has 2 saturated heterocycles. The van der Waals surface area contributed by atoms with Crippen molar-refractivity contribution in [1.82, 2.24) is 30.2 Å². The van der Waals surface area contributed by atoms with Crippen molar-refractivity contribution in [2.45, 2.75) is 192 Å². The first-order chi connectivity index (χ1) is 42.3. The third-order valence-corrected chi connectivity index (χ3v) is 15.9. The molecule has 2 aliphatic heterocycles. The number of carbonyl (C=O) groups is 5. The van der Waals surface area contributed by atoms with Crippen molar-refractivity contribution in [3.63, 3.8) is 0 Å². The zero-order chi connectivity index (χ0) is 65.4. The number of hydrogen-bond acceptors (Lipinski definition) is 15. The fraction of sp³-hybridized carbons (Fsp3) is 0.652. The van der Waals surface area contributed by atoms with Crippen molar-refractivity contribution in [2.24, 2.45) is 0 Å². The van der Waals surface area contributed by atoms with Crippen molar-refractivity contribution in [1.29, 1.82) is 0 Å². The molecule has 4 aliphatic rings. The van der Waals surface area contributed by atoms with Crippen LogP contribution in [0.25, 0.3) is 0 Å². The topological polar surface area (TPSA) is 227 Å². The number of hydrogen-bond donors (Lipinski definition) is 4. The number of halogens is 3. The Hall–Kier alpha value is -6.40. The summed E-state index contributed by atoms with van der Waals surface area (Å²) in [5.41, 5.74) is 1.39. The van der Waals surface area contributed by atoms with Gasteiger partial charge in [-0.25, -0.2) is 9.59 Å². The summed E-state index contributed by atoms with van der Waals surface area (Å²) in [7, 11) is 6.50. The molecule has 498 valence electrons. The lowest BCUT2D eigenvalue weighted by atomic mass is 9.94. The summed E-state index contributed by atoms with van der Waals surface area (Å²) < 4.78 is 70.5. The Kier molecular flexibility index (Phi) is 29.5. The van der Waals surface area contributed by atoms with Gasteiger partial charge in [-0.15, -0.1) is 0 Å². The van der Waals surface area contributed by atoms with E-state index in [9.17, 15) is 37.5 Å². The summed E-state index contributed by atoms with van der Waals surface area (Å²) in [6, 6.07) is 21.4. The van der Waals surface area contributed by atoms with Gasteiger partial charge in [-0.3, -0.25) is 14.4 Å². The van der Waals surface area contributed by atoms with Gasteiger partial charge >= 0.3 is 18.2 Å². The van der Waals surface area contributed by atoms with Gasteiger partial charge in [0.05, 0.1) is 46.0 Å². The van der Waals surface area contributed by atoms with Crippen molar-refractivity contribution in [3.8, 4) is 23.0 Å². The van der Waals surface area contributed by atoms with E-state index in [1.807, 2.05) is 84.6 Å². The van der Waals surface area contributed by atoms with E-state index in [0.717, 1.165) is 76.3 Å². The molecule has 4 N–H and O–H groups in total. The summed E-state index contributed by atoms with van der Waals surface area (Å²) in [6.07, 6.45) is 5.78. The van der Waals surface area contributed by atoms with E-state index >= 15 is 0 Å². The first kappa shape index (κ1) is 73.3. The van der Waals surface area contributed by atoms with Gasteiger partial charge in [-0.2, -0.15) is 13.2 Å². The highest BCUT2D eigenvalue weighted by Crippen LogP contribution is 2.35. The number of aliphatic carboxylic acids is 1. The van der Waals surface area contributed by atoms with Crippen molar-refractivity contribution in [2.75, 3.05) is 87.7 Å². The molecule has 20 nitrogen and oxygen atoms in total. The van der Waals surface area contributed by atoms with Gasteiger partial charge in [0, 0.05) is 113 Å². The van der Waals surface area contributed by atoms with Gasteiger partial charge < -0.3 is 73.6 Å². The molecular weight excluding hydrogens is 1160 g/mol. The second kappa shape index (κ2) is 35.9. The minimum absolute atomic E-state index is 0.0167. The molecule has 0 bridgehead atoms. The molecule has 0 aromatic heterocycles. The molecule has 2 heterocycles. The third-order valence-electron chi connectivity index (χ3n) is 15.9. The van der Waals surface area contributed by atoms with Crippen molar-refractivity contribution in [3.05, 3.63) is 83.4 Å². The first-order valence-electron chi connectivity index (χ1n) is 31.3. The van der Waals surface area contributed by atoms with Crippen LogP contribution in [-0.2, 0) is 23.8 Å². The average Bonchev–Trinajstić information content (AvgIpc) is 2.77. The minimum Gasteiger partial charge on any atom is -0.493 e. The monoisotopic (exact) mass is 1260 g/mol. The standard InChI is InChI=1S/C34H49N3O6.C30H49N3O6.C2HF3O2/c1-24(2)37(33(39)26-11-16-31(42-4)32(21-26)43-20-8-19-41-3)29-13-12-27(35-22-29)17-18-36(28-14-15-28)34(40)30(23-38)25-9-6-5-7-10-25;1-21(2)33(28(34)22-9-14-26(37-7)27(19-22)38-18-8-17-36-6)25-13-12-24(15-16-31-23-10-11-23)32(20-25)29(35)39-30(3,4)5;3-2(4,5)1(6)7/h5-7,9-11,16,21,24,27-30,35,38H,8,12-15,17-20,22-23H2,1-4H3;9,14,19,21,23-25,31H,8,10-13,15-18,20H2,1-7H3;(H,6,7)/t27-,29-,30?;24-,25-;/m11./s1. The maximum Gasteiger partial charge on any atom is 0.490 e. The summed E-state index contributed by atoms with van der Waals surface area (Å²) in [4.78, 5) is 71.1. The van der Waals surface area contributed by atoms with Crippen LogP contribution in [0, 0.1) is 0 Å². The van der Waals surface area contributed by atoms with Gasteiger partial charge in [-0.05, 0) is 161 Å². The third kappa shape index (κ3) is 23.4. The normalized spacial score (nSPS) is 18.7. The number of nitrogens with one attached hydrogen (secondary N) is 2. The highest BCUT2D eigenvalue weighted by Gasteiger charge is 2.41. The molecule has 0 radical (unpaired) electrons. The Morgan fingerprint density at radius 1 is 0.674 bits per heavy atom. The second-order valence-electron chi connectivity index (χ2n) is 24.6. The van der Waals surface area contributed by atoms with E-state index in [2.05, 4.69) is 24.5 Å². The van der Waals surface area contributed by atoms with Gasteiger partial charge in [0.25, 0.3) is 11.8 Å². The van der Waals surface area contributed by atoms with Crippen LogP contribution in [0.4, 0.5) is 18.0 Å². The number of ether oxygens (including phenoxy) is 7. The number of benzene rings is 3. The van der Waals surface area contributed by atoms with Crippen LogP contribution in [0.15, 0.2) is 66.7 Å². The van der Waals surface area contributed by atoms with E-state index < -0.39 is 23.7 Å². The first-order valence-corrected chi connectivity index (χ1v) is 31.3. The fourth-order valence-electron chi connectivity index (χ4n) is 11.1.